The topological polar surface area (TPSA) is 121 Å². The number of nitrogens with zero attached hydrogens (tertiary/aromatic N) is 2. The number of carbonyl (C=O) groups excluding carboxylic acids is 1. The van der Waals surface area contributed by atoms with Gasteiger partial charge in [-0.05, 0) is 12.8 Å². The van der Waals surface area contributed by atoms with Crippen LogP contribution in [0.5, 0.6) is 0 Å². The summed E-state index contributed by atoms with van der Waals surface area (Å²) in [4.78, 5) is 48.9. The van der Waals surface area contributed by atoms with E-state index in [9.17, 15) is 24.4 Å². The zero-order chi connectivity index (χ0) is 19.8. The Bertz CT molecular complexity index is 967. The molecule has 0 aliphatic rings. The maximum absolute atomic E-state index is 12.1. The van der Waals surface area contributed by atoms with E-state index in [0.717, 1.165) is 12.1 Å². The van der Waals surface area contributed by atoms with E-state index in [1.165, 1.54) is 19.0 Å². The molecule has 0 saturated carbocycles. The first-order chi connectivity index (χ1) is 12.0. The van der Waals surface area contributed by atoms with Gasteiger partial charge in [-0.1, -0.05) is 13.8 Å². The van der Waals surface area contributed by atoms with Gasteiger partial charge in [-0.3, -0.25) is 19.2 Å². The van der Waals surface area contributed by atoms with E-state index < -0.39 is 22.2 Å². The fourth-order valence-corrected chi connectivity index (χ4v) is 2.20. The van der Waals surface area contributed by atoms with Crippen LogP contribution in [0.15, 0.2) is 26.5 Å². The van der Waals surface area contributed by atoms with Crippen LogP contribution >= 0.6 is 0 Å². The van der Waals surface area contributed by atoms with Crippen LogP contribution in [0, 0.1) is 5.92 Å². The smallest absolute Gasteiger partial charge is 0.273 e. The SMILES string of the molecule is CC(C)[C@H](C)Nc1c(Nc2cc(=O)cc(C(=O)N(C)C)n2O)c(=O)c1=O. The quantitative estimate of drug-likeness (QED) is 0.508. The van der Waals surface area contributed by atoms with E-state index in [-0.39, 0.29) is 34.8 Å². The van der Waals surface area contributed by atoms with Crippen molar-refractivity contribution in [3.8, 4) is 0 Å². The molecular weight excluding hydrogens is 340 g/mol. The maximum Gasteiger partial charge on any atom is 0.273 e. The molecule has 0 bridgehead atoms. The van der Waals surface area contributed by atoms with Gasteiger partial charge in [0.1, 0.15) is 11.4 Å². The molecule has 0 aliphatic carbocycles. The summed E-state index contributed by atoms with van der Waals surface area (Å²) in [5.41, 5.74) is -2.21. The maximum atomic E-state index is 12.1. The van der Waals surface area contributed by atoms with Gasteiger partial charge in [-0.25, -0.2) is 0 Å². The first-order valence-electron chi connectivity index (χ1n) is 8.09. The van der Waals surface area contributed by atoms with Gasteiger partial charge in [0.2, 0.25) is 0 Å². The van der Waals surface area contributed by atoms with Crippen molar-refractivity contribution in [2.45, 2.75) is 26.8 Å². The number of hydrogen-bond donors (Lipinski definition) is 3. The zero-order valence-electron chi connectivity index (χ0n) is 15.3. The minimum atomic E-state index is -0.764. The summed E-state index contributed by atoms with van der Waals surface area (Å²) in [6, 6.07) is 1.94. The van der Waals surface area contributed by atoms with Crippen LogP contribution in [0.25, 0.3) is 0 Å². The molecule has 2 aromatic rings. The number of pyridine rings is 1. The van der Waals surface area contributed by atoms with Crippen molar-refractivity contribution in [3.63, 3.8) is 0 Å². The van der Waals surface area contributed by atoms with Gasteiger partial charge >= 0.3 is 0 Å². The second kappa shape index (κ2) is 7.03. The Morgan fingerprint density at radius 1 is 1.08 bits per heavy atom. The van der Waals surface area contributed by atoms with Gasteiger partial charge in [0, 0.05) is 32.3 Å². The summed E-state index contributed by atoms with van der Waals surface area (Å²) in [6.07, 6.45) is 0. The van der Waals surface area contributed by atoms with E-state index in [2.05, 4.69) is 10.6 Å². The van der Waals surface area contributed by atoms with Crippen LogP contribution in [0.1, 0.15) is 31.3 Å². The molecule has 2 rings (SSSR count). The highest BCUT2D eigenvalue weighted by atomic mass is 16.5. The summed E-state index contributed by atoms with van der Waals surface area (Å²) in [5.74, 6) is -0.565. The molecule has 140 valence electrons. The summed E-state index contributed by atoms with van der Waals surface area (Å²) in [7, 11) is 2.94. The standard InChI is InChI=1S/C17H22N4O5/c1-8(2)9(3)18-13-14(16(24)15(13)23)19-12-7-10(22)6-11(21(12)26)17(25)20(4)5/h6-9,18-19,26H,1-5H3/t9-/m0/s1. The largest absolute Gasteiger partial charge is 0.426 e. The minimum Gasteiger partial charge on any atom is -0.426 e. The Hall–Kier alpha value is -3.10. The van der Waals surface area contributed by atoms with E-state index >= 15 is 0 Å². The van der Waals surface area contributed by atoms with E-state index in [1.54, 1.807) is 0 Å². The number of nitrogens with one attached hydrogen (secondary N) is 2. The Labute approximate surface area is 149 Å². The number of carbonyl (C=O) groups is 1. The van der Waals surface area contributed by atoms with E-state index in [0.29, 0.717) is 4.73 Å². The molecule has 9 heteroatoms. The molecule has 9 nitrogen and oxygen atoms in total. The van der Waals surface area contributed by atoms with Crippen molar-refractivity contribution in [1.82, 2.24) is 9.63 Å². The number of hydrogen-bond acceptors (Lipinski definition) is 7. The predicted molar refractivity (Wildman–Crippen MR) is 98.5 cm³/mol. The van der Waals surface area contributed by atoms with Gasteiger partial charge in [-0.2, -0.15) is 4.73 Å². The van der Waals surface area contributed by atoms with Crippen LogP contribution in [-0.4, -0.2) is 40.9 Å². The van der Waals surface area contributed by atoms with Gasteiger partial charge in [0.05, 0.1) is 0 Å². The number of anilines is 3. The molecule has 0 unspecified atom stereocenters. The zero-order valence-corrected chi connectivity index (χ0v) is 15.3. The lowest BCUT2D eigenvalue weighted by atomic mass is 10.0. The Morgan fingerprint density at radius 2 is 1.65 bits per heavy atom. The van der Waals surface area contributed by atoms with Crippen LogP contribution in [0.3, 0.4) is 0 Å². The van der Waals surface area contributed by atoms with E-state index in [4.69, 9.17) is 0 Å². The molecule has 0 spiro atoms. The average molecular weight is 362 g/mol. The van der Waals surface area contributed by atoms with Crippen LogP contribution in [0.4, 0.5) is 17.2 Å². The fraction of sp³-hybridized carbons (Fsp3) is 0.412. The third-order valence-electron chi connectivity index (χ3n) is 4.18. The second-order valence-electron chi connectivity index (χ2n) is 6.68. The minimum absolute atomic E-state index is 0.0563. The highest BCUT2D eigenvalue weighted by Crippen LogP contribution is 2.22. The summed E-state index contributed by atoms with van der Waals surface area (Å²) >= 11 is 0. The molecule has 3 N–H and O–H groups in total. The Kier molecular flexibility index (Phi) is 5.20. The molecule has 1 heterocycles. The summed E-state index contributed by atoms with van der Waals surface area (Å²) in [6.45, 7) is 5.78. The third kappa shape index (κ3) is 3.46. The van der Waals surface area contributed by atoms with Crippen molar-refractivity contribution in [1.29, 1.82) is 0 Å². The molecule has 1 aromatic carbocycles. The van der Waals surface area contributed by atoms with Crippen LogP contribution < -0.4 is 26.9 Å². The highest BCUT2D eigenvalue weighted by molar-refractivity contribution is 5.92. The molecule has 0 radical (unpaired) electrons. The molecule has 1 aromatic heterocycles. The molecule has 0 aliphatic heterocycles. The van der Waals surface area contributed by atoms with Gasteiger partial charge in [-0.15, -0.1) is 0 Å². The fourth-order valence-electron chi connectivity index (χ4n) is 2.20. The summed E-state index contributed by atoms with van der Waals surface area (Å²) in [5, 5.41) is 15.8. The van der Waals surface area contributed by atoms with Crippen LogP contribution in [0.2, 0.25) is 0 Å². The van der Waals surface area contributed by atoms with Crippen molar-refractivity contribution >= 4 is 23.1 Å². The van der Waals surface area contributed by atoms with Gasteiger partial charge in [0.25, 0.3) is 16.8 Å². The summed E-state index contributed by atoms with van der Waals surface area (Å²) < 4.78 is 0.482. The van der Waals surface area contributed by atoms with Crippen molar-refractivity contribution in [3.05, 3.63) is 48.5 Å². The monoisotopic (exact) mass is 362 g/mol. The highest BCUT2D eigenvalue weighted by Gasteiger charge is 2.25. The molecular formula is C17H22N4O5. The van der Waals surface area contributed by atoms with Gasteiger partial charge in [0.15, 0.2) is 16.9 Å². The molecule has 26 heavy (non-hydrogen) atoms. The predicted octanol–water partition coefficient (Wildman–Crippen LogP) is 0.583. The lowest BCUT2D eigenvalue weighted by molar-refractivity contribution is 0.0775. The molecule has 1 amide bonds. The normalized spacial score (nSPS) is 12.2. The van der Waals surface area contributed by atoms with Gasteiger partial charge < -0.3 is 20.7 Å². The van der Waals surface area contributed by atoms with Crippen molar-refractivity contribution in [2.24, 2.45) is 5.92 Å². The molecule has 1 atom stereocenters. The van der Waals surface area contributed by atoms with Crippen LogP contribution in [-0.2, 0) is 0 Å². The molecule has 0 saturated heterocycles. The molecule has 0 fully saturated rings. The first kappa shape index (κ1) is 19.2. The number of rotatable bonds is 6. The Morgan fingerprint density at radius 3 is 2.19 bits per heavy atom. The van der Waals surface area contributed by atoms with E-state index in [1.807, 2.05) is 20.8 Å². The average Bonchev–Trinajstić information content (AvgIpc) is 2.58. The number of amides is 1. The second-order valence-corrected chi connectivity index (χ2v) is 6.68. The lowest BCUT2D eigenvalue weighted by Gasteiger charge is -2.22. The third-order valence-corrected chi connectivity index (χ3v) is 4.18. The first-order valence-corrected chi connectivity index (χ1v) is 8.09. The van der Waals surface area contributed by atoms with Crippen molar-refractivity contribution < 1.29 is 10.0 Å². The lowest BCUT2D eigenvalue weighted by Crippen LogP contribution is -2.40. The number of aromatic nitrogens is 1. The Balaban J connectivity index is 2.43. The van der Waals surface area contributed by atoms with Crippen molar-refractivity contribution in [2.75, 3.05) is 24.7 Å².